The number of hydrogen-bond acceptors (Lipinski definition) is 2. The monoisotopic (exact) mass is 387 g/mol. The summed E-state index contributed by atoms with van der Waals surface area (Å²) in [7, 11) is 0. The third-order valence-corrected chi connectivity index (χ3v) is 5.53. The number of rotatable bonds is 4. The first kappa shape index (κ1) is 17.5. The number of halogens is 1. The number of benzene rings is 2. The normalized spacial score (nSPS) is 21.9. The summed E-state index contributed by atoms with van der Waals surface area (Å²) in [6.07, 6.45) is 1.12. The van der Waals surface area contributed by atoms with Gasteiger partial charge in [0, 0.05) is 27.7 Å². The van der Waals surface area contributed by atoms with E-state index in [1.807, 2.05) is 0 Å². The molecule has 2 aromatic rings. The van der Waals surface area contributed by atoms with Crippen molar-refractivity contribution in [1.29, 1.82) is 0 Å². The zero-order valence-electron chi connectivity index (χ0n) is 14.9. The Labute approximate surface area is 153 Å². The highest BCUT2D eigenvalue weighted by atomic mass is 79.9. The summed E-state index contributed by atoms with van der Waals surface area (Å²) in [6, 6.07) is 15.5. The highest BCUT2D eigenvalue weighted by Gasteiger charge is 2.44. The van der Waals surface area contributed by atoms with E-state index in [1.54, 1.807) is 0 Å². The standard InChI is InChI=1S/C21H26BrNO/c1-5-14-10-11-18-17(12-14)20(24-6-2)21(3,4)19(23-18)15-8-7-9-16(22)13-15/h7-13,19-20,23H,5-6H2,1-4H3/t19-,20+/m1/s1. The van der Waals surface area contributed by atoms with E-state index >= 15 is 0 Å². The van der Waals surface area contributed by atoms with Gasteiger partial charge in [-0.15, -0.1) is 0 Å². The van der Waals surface area contributed by atoms with Crippen LogP contribution in [-0.2, 0) is 11.2 Å². The minimum atomic E-state index is -0.0594. The number of ether oxygens (including phenoxy) is 1. The van der Waals surface area contributed by atoms with Crippen molar-refractivity contribution >= 4 is 21.6 Å². The van der Waals surface area contributed by atoms with Gasteiger partial charge in [0.1, 0.15) is 0 Å². The Hall–Kier alpha value is -1.32. The van der Waals surface area contributed by atoms with E-state index in [0.717, 1.165) is 17.5 Å². The van der Waals surface area contributed by atoms with Gasteiger partial charge in [-0.2, -0.15) is 0 Å². The maximum absolute atomic E-state index is 6.25. The van der Waals surface area contributed by atoms with E-state index in [4.69, 9.17) is 4.74 Å². The van der Waals surface area contributed by atoms with E-state index < -0.39 is 0 Å². The molecule has 0 aromatic heterocycles. The summed E-state index contributed by atoms with van der Waals surface area (Å²) in [6.45, 7) is 9.59. The number of fused-ring (bicyclic) bond motifs is 1. The summed E-state index contributed by atoms with van der Waals surface area (Å²) in [5, 5.41) is 3.77. The van der Waals surface area contributed by atoms with E-state index in [9.17, 15) is 0 Å². The van der Waals surface area contributed by atoms with Gasteiger partial charge >= 0.3 is 0 Å². The second-order valence-corrected chi connectivity index (χ2v) is 7.98. The van der Waals surface area contributed by atoms with Crippen molar-refractivity contribution in [3.05, 3.63) is 63.6 Å². The van der Waals surface area contributed by atoms with Crippen LogP contribution in [0.3, 0.4) is 0 Å². The molecule has 0 aliphatic carbocycles. The van der Waals surface area contributed by atoms with Crippen molar-refractivity contribution in [1.82, 2.24) is 0 Å². The molecule has 0 bridgehead atoms. The molecule has 2 aromatic carbocycles. The van der Waals surface area contributed by atoms with Crippen LogP contribution in [0.25, 0.3) is 0 Å². The van der Waals surface area contributed by atoms with Crippen molar-refractivity contribution in [3.63, 3.8) is 0 Å². The molecule has 3 heteroatoms. The SMILES string of the molecule is CCO[C@H]1c2cc(CC)ccc2N[C@H](c2cccc(Br)c2)C1(C)C. The van der Waals surface area contributed by atoms with Gasteiger partial charge in [0.15, 0.2) is 0 Å². The lowest BCUT2D eigenvalue weighted by atomic mass is 9.70. The average Bonchev–Trinajstić information content (AvgIpc) is 2.56. The van der Waals surface area contributed by atoms with Crippen LogP contribution in [0.2, 0.25) is 0 Å². The molecule has 0 saturated heterocycles. The van der Waals surface area contributed by atoms with E-state index in [0.29, 0.717) is 0 Å². The highest BCUT2D eigenvalue weighted by Crippen LogP contribution is 2.53. The van der Waals surface area contributed by atoms with Gasteiger partial charge in [-0.3, -0.25) is 0 Å². The Balaban J connectivity index is 2.10. The van der Waals surface area contributed by atoms with E-state index in [2.05, 4.69) is 91.4 Å². The van der Waals surface area contributed by atoms with E-state index in [1.165, 1.54) is 22.4 Å². The zero-order chi connectivity index (χ0) is 17.3. The maximum atomic E-state index is 6.25. The fourth-order valence-electron chi connectivity index (χ4n) is 3.74. The molecule has 24 heavy (non-hydrogen) atoms. The van der Waals surface area contributed by atoms with Crippen molar-refractivity contribution in [2.24, 2.45) is 5.41 Å². The Morgan fingerprint density at radius 2 is 1.92 bits per heavy atom. The Bertz CT molecular complexity index is 726. The molecule has 2 atom stereocenters. The first-order valence-electron chi connectivity index (χ1n) is 8.73. The fourth-order valence-corrected chi connectivity index (χ4v) is 4.16. The lowest BCUT2D eigenvalue weighted by molar-refractivity contribution is -0.0354. The second kappa shape index (κ2) is 6.89. The van der Waals surface area contributed by atoms with Crippen molar-refractivity contribution in [2.75, 3.05) is 11.9 Å². The van der Waals surface area contributed by atoms with Crippen LogP contribution in [-0.4, -0.2) is 6.61 Å². The third-order valence-electron chi connectivity index (χ3n) is 5.04. The van der Waals surface area contributed by atoms with Crippen LogP contribution in [0, 0.1) is 5.41 Å². The summed E-state index contributed by atoms with van der Waals surface area (Å²) < 4.78 is 7.36. The topological polar surface area (TPSA) is 21.3 Å². The summed E-state index contributed by atoms with van der Waals surface area (Å²) in [5.74, 6) is 0. The van der Waals surface area contributed by atoms with Crippen molar-refractivity contribution < 1.29 is 4.74 Å². The minimum absolute atomic E-state index is 0.0594. The molecule has 0 radical (unpaired) electrons. The third kappa shape index (κ3) is 3.12. The molecule has 0 fully saturated rings. The molecule has 128 valence electrons. The van der Waals surface area contributed by atoms with E-state index in [-0.39, 0.29) is 17.6 Å². The molecule has 3 rings (SSSR count). The van der Waals surface area contributed by atoms with Crippen molar-refractivity contribution in [2.45, 2.75) is 46.3 Å². The number of hydrogen-bond donors (Lipinski definition) is 1. The molecule has 0 spiro atoms. The first-order chi connectivity index (χ1) is 11.5. The van der Waals surface area contributed by atoms with Crippen LogP contribution in [0.1, 0.15) is 56.5 Å². The van der Waals surface area contributed by atoms with Gasteiger partial charge in [0.25, 0.3) is 0 Å². The average molecular weight is 388 g/mol. The van der Waals surface area contributed by atoms with Crippen LogP contribution in [0.4, 0.5) is 5.69 Å². The Morgan fingerprint density at radius 1 is 1.12 bits per heavy atom. The van der Waals surface area contributed by atoms with Crippen molar-refractivity contribution in [3.8, 4) is 0 Å². The first-order valence-corrected chi connectivity index (χ1v) is 9.53. The van der Waals surface area contributed by atoms with Crippen LogP contribution in [0.5, 0.6) is 0 Å². The second-order valence-electron chi connectivity index (χ2n) is 7.06. The number of aryl methyl sites for hydroxylation is 1. The van der Waals surface area contributed by atoms with Crippen LogP contribution < -0.4 is 5.32 Å². The largest absolute Gasteiger partial charge is 0.377 e. The van der Waals surface area contributed by atoms with Crippen LogP contribution in [0.15, 0.2) is 46.9 Å². The minimum Gasteiger partial charge on any atom is -0.377 e. The lowest BCUT2D eigenvalue weighted by Gasteiger charge is -2.47. The molecule has 1 aliphatic heterocycles. The van der Waals surface area contributed by atoms with Gasteiger partial charge in [-0.05, 0) is 42.7 Å². The quantitative estimate of drug-likeness (QED) is 0.665. The smallest absolute Gasteiger partial charge is 0.0918 e. The maximum Gasteiger partial charge on any atom is 0.0918 e. The molecule has 1 aliphatic rings. The lowest BCUT2D eigenvalue weighted by Crippen LogP contribution is -2.40. The Morgan fingerprint density at radius 3 is 2.58 bits per heavy atom. The molecular weight excluding hydrogens is 362 g/mol. The molecule has 0 amide bonds. The molecule has 1 N–H and O–H groups in total. The fraction of sp³-hybridized carbons (Fsp3) is 0.429. The van der Waals surface area contributed by atoms with Crippen LogP contribution >= 0.6 is 15.9 Å². The molecule has 0 saturated carbocycles. The summed E-state index contributed by atoms with van der Waals surface area (Å²) >= 11 is 3.60. The zero-order valence-corrected chi connectivity index (χ0v) is 16.5. The predicted molar refractivity (Wildman–Crippen MR) is 104 cm³/mol. The molecule has 1 heterocycles. The highest BCUT2D eigenvalue weighted by molar-refractivity contribution is 9.10. The number of nitrogens with one attached hydrogen (secondary N) is 1. The van der Waals surface area contributed by atoms with Gasteiger partial charge in [-0.25, -0.2) is 0 Å². The molecule has 0 unspecified atom stereocenters. The van der Waals surface area contributed by atoms with Gasteiger partial charge in [0.05, 0.1) is 12.1 Å². The molecule has 2 nitrogen and oxygen atoms in total. The summed E-state index contributed by atoms with van der Waals surface area (Å²) in [5.41, 5.74) is 5.06. The van der Waals surface area contributed by atoms with Gasteiger partial charge < -0.3 is 10.1 Å². The summed E-state index contributed by atoms with van der Waals surface area (Å²) in [4.78, 5) is 0. The Kier molecular flexibility index (Phi) is 5.03. The predicted octanol–water partition coefficient (Wildman–Crippen LogP) is 6.28. The number of anilines is 1. The van der Waals surface area contributed by atoms with Gasteiger partial charge in [0.2, 0.25) is 0 Å². The van der Waals surface area contributed by atoms with Gasteiger partial charge in [-0.1, -0.05) is 61.0 Å². The molecular formula is C21H26BrNO.